The Bertz CT molecular complexity index is 873. The lowest BCUT2D eigenvalue weighted by Crippen LogP contribution is -2.39. The van der Waals surface area contributed by atoms with Gasteiger partial charge in [0.1, 0.15) is 0 Å². The Kier molecular flexibility index (Phi) is 5.15. The first kappa shape index (κ1) is 17.4. The topological polar surface area (TPSA) is 97.5 Å². The quantitative estimate of drug-likeness (QED) is 0.676. The summed E-state index contributed by atoms with van der Waals surface area (Å²) in [6.45, 7) is 1.02. The number of sulfonamides is 1. The van der Waals surface area contributed by atoms with E-state index in [0.29, 0.717) is 11.3 Å². The first-order valence-corrected chi connectivity index (χ1v) is 8.45. The number of nitrogens with zero attached hydrogens (tertiary/aromatic N) is 1. The molecule has 2 aromatic rings. The van der Waals surface area contributed by atoms with Crippen LogP contribution < -0.4 is 5.73 Å². The number of hydrogen-bond donors (Lipinski definition) is 1. The largest absolute Gasteiger partial charge is 0.399 e. The maximum absolute atomic E-state index is 12.5. The molecule has 0 saturated carbocycles. The fraction of sp³-hybridized carbons (Fsp3) is 0.0588. The number of anilines is 1. The van der Waals surface area contributed by atoms with Crippen LogP contribution in [0.25, 0.3) is 6.08 Å². The minimum atomic E-state index is -4.29. The lowest BCUT2D eigenvalue weighted by Gasteiger charge is -2.17. The van der Waals surface area contributed by atoms with Crippen molar-refractivity contribution in [3.63, 3.8) is 0 Å². The zero-order chi connectivity index (χ0) is 17.7. The van der Waals surface area contributed by atoms with Gasteiger partial charge in [0.25, 0.3) is 15.9 Å². The summed E-state index contributed by atoms with van der Waals surface area (Å²) in [6, 6.07) is 14.1. The molecule has 24 heavy (non-hydrogen) atoms. The van der Waals surface area contributed by atoms with Crippen LogP contribution >= 0.6 is 0 Å². The van der Waals surface area contributed by atoms with Crippen molar-refractivity contribution in [3.8, 4) is 0 Å². The molecule has 2 amide bonds. The van der Waals surface area contributed by atoms with Crippen LogP contribution in [-0.4, -0.2) is 24.5 Å². The van der Waals surface area contributed by atoms with Crippen LogP contribution in [0.5, 0.6) is 0 Å². The molecule has 0 aliphatic heterocycles. The van der Waals surface area contributed by atoms with Crippen molar-refractivity contribution in [2.24, 2.45) is 0 Å². The summed E-state index contributed by atoms with van der Waals surface area (Å²) in [7, 11) is -4.29. The number of rotatable bonds is 4. The van der Waals surface area contributed by atoms with Crippen molar-refractivity contribution in [2.45, 2.75) is 11.8 Å². The Morgan fingerprint density at radius 3 is 2.12 bits per heavy atom. The van der Waals surface area contributed by atoms with Crippen LogP contribution in [0.3, 0.4) is 0 Å². The molecule has 2 N–H and O–H groups in total. The summed E-state index contributed by atoms with van der Waals surface area (Å²) in [6.07, 6.45) is 2.49. The molecular formula is C17H16N2O4S. The molecule has 0 bridgehead atoms. The summed E-state index contributed by atoms with van der Waals surface area (Å²) < 4.78 is 25.3. The van der Waals surface area contributed by atoms with Gasteiger partial charge in [-0.3, -0.25) is 9.59 Å². The van der Waals surface area contributed by atoms with Gasteiger partial charge < -0.3 is 5.73 Å². The van der Waals surface area contributed by atoms with Crippen LogP contribution in [0.1, 0.15) is 12.5 Å². The number of benzene rings is 2. The van der Waals surface area contributed by atoms with Crippen LogP contribution in [0.4, 0.5) is 5.69 Å². The molecule has 0 heterocycles. The Hall–Kier alpha value is -2.93. The number of carbonyl (C=O) groups is 2. The van der Waals surface area contributed by atoms with Gasteiger partial charge in [-0.1, -0.05) is 30.3 Å². The summed E-state index contributed by atoms with van der Waals surface area (Å²) in [5, 5.41) is 0. The molecule has 0 atom stereocenters. The molecule has 124 valence electrons. The van der Waals surface area contributed by atoms with Gasteiger partial charge >= 0.3 is 0 Å². The average Bonchev–Trinajstić information content (AvgIpc) is 2.54. The molecule has 7 heteroatoms. The standard InChI is InChI=1S/C17H16N2O4S/c1-13(20)19(17(21)12-7-14-5-3-2-4-6-14)24(22,23)16-10-8-15(18)9-11-16/h2-12H,18H2,1H3. The molecule has 0 saturated heterocycles. The molecule has 0 aliphatic rings. The molecule has 0 fully saturated rings. The zero-order valence-corrected chi connectivity index (χ0v) is 13.7. The highest BCUT2D eigenvalue weighted by molar-refractivity contribution is 7.90. The Balaban J connectivity index is 2.35. The van der Waals surface area contributed by atoms with Crippen LogP contribution in [0, 0.1) is 0 Å². The second-order valence-electron chi connectivity index (χ2n) is 4.94. The first-order valence-electron chi connectivity index (χ1n) is 7.01. The highest BCUT2D eigenvalue weighted by atomic mass is 32.2. The summed E-state index contributed by atoms with van der Waals surface area (Å²) in [5.74, 6) is -1.84. The second-order valence-corrected chi connectivity index (χ2v) is 6.73. The molecule has 0 spiro atoms. The van der Waals surface area contributed by atoms with E-state index in [2.05, 4.69) is 0 Å². The lowest BCUT2D eigenvalue weighted by molar-refractivity contribution is -0.134. The van der Waals surface area contributed by atoms with E-state index in [1.54, 1.807) is 24.3 Å². The van der Waals surface area contributed by atoms with Crippen molar-refractivity contribution < 1.29 is 18.0 Å². The van der Waals surface area contributed by atoms with E-state index in [4.69, 9.17) is 5.73 Å². The molecule has 2 aromatic carbocycles. The van der Waals surface area contributed by atoms with Crippen LogP contribution in [0.2, 0.25) is 0 Å². The molecule has 6 nitrogen and oxygen atoms in total. The van der Waals surface area contributed by atoms with Gasteiger partial charge in [0.15, 0.2) is 0 Å². The number of carbonyl (C=O) groups excluding carboxylic acids is 2. The van der Waals surface area contributed by atoms with Crippen LogP contribution in [0.15, 0.2) is 65.6 Å². The fourth-order valence-electron chi connectivity index (χ4n) is 1.99. The minimum Gasteiger partial charge on any atom is -0.399 e. The van der Waals surface area contributed by atoms with Crippen molar-refractivity contribution in [3.05, 3.63) is 66.2 Å². The van der Waals surface area contributed by atoms with Gasteiger partial charge in [-0.2, -0.15) is 4.31 Å². The van der Waals surface area contributed by atoms with Gasteiger partial charge in [0.2, 0.25) is 5.91 Å². The second kappa shape index (κ2) is 7.10. The molecule has 2 rings (SSSR count). The van der Waals surface area contributed by atoms with Crippen molar-refractivity contribution in [1.82, 2.24) is 4.31 Å². The van der Waals surface area contributed by atoms with Gasteiger partial charge in [-0.05, 0) is 35.9 Å². The third-order valence-corrected chi connectivity index (χ3v) is 4.91. The zero-order valence-electron chi connectivity index (χ0n) is 12.9. The SMILES string of the molecule is CC(=O)N(C(=O)C=Cc1ccccc1)S(=O)(=O)c1ccc(N)cc1. The average molecular weight is 344 g/mol. The van der Waals surface area contributed by atoms with Gasteiger partial charge in [-0.15, -0.1) is 0 Å². The monoisotopic (exact) mass is 344 g/mol. The maximum atomic E-state index is 12.5. The van der Waals surface area contributed by atoms with Crippen LogP contribution in [-0.2, 0) is 19.6 Å². The number of nitrogens with two attached hydrogens (primary N) is 1. The predicted octanol–water partition coefficient (Wildman–Crippen LogP) is 2.05. The fourth-order valence-corrected chi connectivity index (χ4v) is 3.31. The van der Waals surface area contributed by atoms with E-state index in [-0.39, 0.29) is 9.20 Å². The first-order chi connectivity index (χ1) is 11.3. The molecule has 0 aromatic heterocycles. The summed E-state index contributed by atoms with van der Waals surface area (Å²) >= 11 is 0. The number of amides is 2. The van der Waals surface area contributed by atoms with Gasteiger partial charge in [0, 0.05) is 18.7 Å². The Morgan fingerprint density at radius 1 is 1.00 bits per heavy atom. The smallest absolute Gasteiger partial charge is 0.273 e. The van der Waals surface area contributed by atoms with E-state index in [1.807, 2.05) is 6.07 Å². The molecule has 0 aliphatic carbocycles. The summed E-state index contributed by atoms with van der Waals surface area (Å²) in [5.41, 5.74) is 6.61. The van der Waals surface area contributed by atoms with Gasteiger partial charge in [-0.25, -0.2) is 8.42 Å². The number of nitrogen functional groups attached to an aromatic ring is 1. The number of hydrogen-bond acceptors (Lipinski definition) is 5. The normalized spacial score (nSPS) is 11.4. The molecular weight excluding hydrogens is 328 g/mol. The number of imide groups is 1. The highest BCUT2D eigenvalue weighted by Gasteiger charge is 2.31. The Morgan fingerprint density at radius 2 is 1.58 bits per heavy atom. The third kappa shape index (κ3) is 3.88. The van der Waals surface area contributed by atoms with E-state index < -0.39 is 21.8 Å². The lowest BCUT2D eigenvalue weighted by atomic mass is 10.2. The predicted molar refractivity (Wildman–Crippen MR) is 91.0 cm³/mol. The summed E-state index contributed by atoms with van der Waals surface area (Å²) in [4.78, 5) is 23.8. The van der Waals surface area contributed by atoms with Crippen molar-refractivity contribution >= 4 is 33.6 Å². The van der Waals surface area contributed by atoms with E-state index >= 15 is 0 Å². The maximum Gasteiger partial charge on any atom is 0.273 e. The van der Waals surface area contributed by atoms with Gasteiger partial charge in [0.05, 0.1) is 4.90 Å². The van der Waals surface area contributed by atoms with Crippen molar-refractivity contribution in [1.29, 1.82) is 0 Å². The molecule has 0 unspecified atom stereocenters. The Labute approximate surface area is 140 Å². The van der Waals surface area contributed by atoms with E-state index in [9.17, 15) is 18.0 Å². The minimum absolute atomic E-state index is 0.187. The highest BCUT2D eigenvalue weighted by Crippen LogP contribution is 2.18. The molecule has 0 radical (unpaired) electrons. The van der Waals surface area contributed by atoms with E-state index in [1.165, 1.54) is 30.3 Å². The third-order valence-electron chi connectivity index (χ3n) is 3.12. The van der Waals surface area contributed by atoms with Crippen molar-refractivity contribution in [2.75, 3.05) is 5.73 Å². The van der Waals surface area contributed by atoms with E-state index in [0.717, 1.165) is 13.0 Å².